The number of nitrogens with one attached hydrogen (secondary N) is 1. The molecule has 4 rings (SSSR count). The topological polar surface area (TPSA) is 54.5 Å². The van der Waals surface area contributed by atoms with E-state index in [4.69, 9.17) is 4.74 Å². The number of hydrogen-bond acceptors (Lipinski definition) is 4. The van der Waals surface area contributed by atoms with Gasteiger partial charge in [-0.05, 0) is 5.92 Å². The summed E-state index contributed by atoms with van der Waals surface area (Å²) >= 11 is 1.61. The van der Waals surface area contributed by atoms with Gasteiger partial charge in [0.1, 0.15) is 5.01 Å². The zero-order valence-electron chi connectivity index (χ0n) is 14.9. The van der Waals surface area contributed by atoms with Crippen LogP contribution < -0.4 is 5.32 Å². The lowest BCUT2D eigenvalue weighted by molar-refractivity contribution is 0.0775. The molecule has 2 aliphatic rings. The number of carbonyl (C=O) groups excluding carboxylic acids is 1. The van der Waals surface area contributed by atoms with Crippen LogP contribution in [0.1, 0.15) is 25.0 Å². The number of carbonyl (C=O) groups is 1. The number of rotatable bonds is 4. The second-order valence-corrected chi connectivity index (χ2v) is 8.00. The number of hydrogen-bond donors (Lipinski definition) is 1. The Morgan fingerprint density at radius 2 is 2.12 bits per heavy atom. The Balaban J connectivity index is 1.32. The van der Waals surface area contributed by atoms with E-state index in [2.05, 4.69) is 22.4 Å². The van der Waals surface area contributed by atoms with Gasteiger partial charge in [0.15, 0.2) is 0 Å². The van der Waals surface area contributed by atoms with E-state index in [1.165, 1.54) is 19.3 Å². The molecular weight excluding hydrogens is 346 g/mol. The van der Waals surface area contributed by atoms with Crippen molar-refractivity contribution in [3.05, 3.63) is 41.4 Å². The molecule has 1 aliphatic carbocycles. The van der Waals surface area contributed by atoms with E-state index in [1.807, 2.05) is 28.5 Å². The SMILES string of the molecule is O=C(NCc1csc(-c2ccccc2)n1)N1CCOCC(C2CCC2)C1. The van der Waals surface area contributed by atoms with Gasteiger partial charge in [-0.15, -0.1) is 11.3 Å². The van der Waals surface area contributed by atoms with Gasteiger partial charge in [-0.25, -0.2) is 9.78 Å². The standard InChI is InChI=1S/C20H25N3O2S/c24-20(23-9-10-25-13-17(12-23)15-7-4-8-15)21-11-18-14-26-19(22-18)16-5-2-1-3-6-16/h1-3,5-6,14-15,17H,4,7-13H2,(H,21,24). The lowest BCUT2D eigenvalue weighted by Crippen LogP contribution is -2.44. The molecule has 2 amide bonds. The van der Waals surface area contributed by atoms with Crippen molar-refractivity contribution in [3.63, 3.8) is 0 Å². The van der Waals surface area contributed by atoms with E-state index in [-0.39, 0.29) is 6.03 Å². The van der Waals surface area contributed by atoms with Gasteiger partial charge in [-0.1, -0.05) is 49.6 Å². The Bertz CT molecular complexity index is 730. The molecule has 1 atom stereocenters. The van der Waals surface area contributed by atoms with Gasteiger partial charge < -0.3 is 15.0 Å². The van der Waals surface area contributed by atoms with Crippen molar-refractivity contribution >= 4 is 17.4 Å². The lowest BCUT2D eigenvalue weighted by Gasteiger charge is -2.34. The Hall–Kier alpha value is -1.92. The molecule has 0 spiro atoms. The first kappa shape index (κ1) is 17.5. The maximum Gasteiger partial charge on any atom is 0.317 e. The molecule has 1 unspecified atom stereocenters. The van der Waals surface area contributed by atoms with Gasteiger partial charge in [-0.2, -0.15) is 0 Å². The van der Waals surface area contributed by atoms with E-state index in [9.17, 15) is 4.79 Å². The molecule has 1 aliphatic heterocycles. The summed E-state index contributed by atoms with van der Waals surface area (Å²) in [6.45, 7) is 3.37. The van der Waals surface area contributed by atoms with E-state index in [0.717, 1.165) is 35.3 Å². The molecule has 2 aromatic rings. The number of urea groups is 1. The highest BCUT2D eigenvalue weighted by Gasteiger charge is 2.31. The first-order valence-electron chi connectivity index (χ1n) is 9.40. The molecule has 0 bridgehead atoms. The van der Waals surface area contributed by atoms with Gasteiger partial charge in [-0.3, -0.25) is 0 Å². The summed E-state index contributed by atoms with van der Waals surface area (Å²) in [5.74, 6) is 1.22. The van der Waals surface area contributed by atoms with E-state index < -0.39 is 0 Å². The summed E-state index contributed by atoms with van der Waals surface area (Å²) in [5, 5.41) is 6.04. The molecule has 1 N–H and O–H groups in total. The van der Waals surface area contributed by atoms with Crippen LogP contribution in [0.4, 0.5) is 4.79 Å². The van der Waals surface area contributed by atoms with Crippen molar-refractivity contribution < 1.29 is 9.53 Å². The van der Waals surface area contributed by atoms with Crippen molar-refractivity contribution in [2.75, 3.05) is 26.3 Å². The lowest BCUT2D eigenvalue weighted by atomic mass is 9.76. The number of nitrogens with zero attached hydrogens (tertiary/aromatic N) is 2. The monoisotopic (exact) mass is 371 g/mol. The summed E-state index contributed by atoms with van der Waals surface area (Å²) in [6.07, 6.45) is 3.89. The van der Waals surface area contributed by atoms with Gasteiger partial charge in [0.05, 0.1) is 25.5 Å². The number of ether oxygens (including phenoxy) is 1. The molecular formula is C20H25N3O2S. The van der Waals surface area contributed by atoms with Crippen molar-refractivity contribution in [1.29, 1.82) is 0 Å². The van der Waals surface area contributed by atoms with Crippen LogP contribution in [0.3, 0.4) is 0 Å². The molecule has 1 saturated carbocycles. The van der Waals surface area contributed by atoms with E-state index >= 15 is 0 Å². The zero-order valence-corrected chi connectivity index (χ0v) is 15.7. The van der Waals surface area contributed by atoms with Crippen molar-refractivity contribution in [2.24, 2.45) is 11.8 Å². The molecule has 138 valence electrons. The third-order valence-electron chi connectivity index (χ3n) is 5.39. The van der Waals surface area contributed by atoms with Crippen LogP contribution in [0.25, 0.3) is 10.6 Å². The summed E-state index contributed by atoms with van der Waals surface area (Å²) in [4.78, 5) is 19.2. The molecule has 0 radical (unpaired) electrons. The summed E-state index contributed by atoms with van der Waals surface area (Å²) in [7, 11) is 0. The quantitative estimate of drug-likeness (QED) is 0.890. The summed E-state index contributed by atoms with van der Waals surface area (Å²) in [6, 6.07) is 10.1. The Kier molecular flexibility index (Phi) is 5.51. The third kappa shape index (κ3) is 4.07. The van der Waals surface area contributed by atoms with Crippen molar-refractivity contribution in [3.8, 4) is 10.6 Å². The molecule has 1 aromatic heterocycles. The molecule has 5 nitrogen and oxygen atoms in total. The van der Waals surface area contributed by atoms with Crippen molar-refractivity contribution in [2.45, 2.75) is 25.8 Å². The smallest absolute Gasteiger partial charge is 0.317 e. The first-order chi connectivity index (χ1) is 12.8. The zero-order chi connectivity index (χ0) is 17.8. The van der Waals surface area contributed by atoms with Crippen LogP contribution in [0.5, 0.6) is 0 Å². The maximum atomic E-state index is 12.6. The summed E-state index contributed by atoms with van der Waals surface area (Å²) < 4.78 is 5.73. The van der Waals surface area contributed by atoms with Gasteiger partial charge in [0.2, 0.25) is 0 Å². The predicted molar refractivity (Wildman–Crippen MR) is 103 cm³/mol. The van der Waals surface area contributed by atoms with Crippen LogP contribution in [-0.4, -0.2) is 42.2 Å². The minimum atomic E-state index is -0.00548. The van der Waals surface area contributed by atoms with E-state index in [0.29, 0.717) is 25.6 Å². The largest absolute Gasteiger partial charge is 0.379 e. The number of aromatic nitrogens is 1. The van der Waals surface area contributed by atoms with Gasteiger partial charge >= 0.3 is 6.03 Å². The maximum absolute atomic E-state index is 12.6. The minimum absolute atomic E-state index is 0.00548. The average molecular weight is 372 g/mol. The highest BCUT2D eigenvalue weighted by Crippen LogP contribution is 2.34. The number of amides is 2. The molecule has 26 heavy (non-hydrogen) atoms. The second-order valence-electron chi connectivity index (χ2n) is 7.14. The van der Waals surface area contributed by atoms with Crippen LogP contribution in [0.2, 0.25) is 0 Å². The highest BCUT2D eigenvalue weighted by molar-refractivity contribution is 7.13. The van der Waals surface area contributed by atoms with Crippen LogP contribution in [-0.2, 0) is 11.3 Å². The number of benzene rings is 1. The van der Waals surface area contributed by atoms with Gasteiger partial charge in [0, 0.05) is 30.0 Å². The first-order valence-corrected chi connectivity index (χ1v) is 10.3. The third-order valence-corrected chi connectivity index (χ3v) is 6.33. The molecule has 1 aromatic carbocycles. The molecule has 6 heteroatoms. The Morgan fingerprint density at radius 3 is 2.88 bits per heavy atom. The molecule has 2 heterocycles. The normalized spacial score (nSPS) is 21.1. The molecule has 2 fully saturated rings. The molecule has 1 saturated heterocycles. The fourth-order valence-corrected chi connectivity index (χ4v) is 4.42. The fraction of sp³-hybridized carbons (Fsp3) is 0.500. The minimum Gasteiger partial charge on any atom is -0.379 e. The fourth-order valence-electron chi connectivity index (χ4n) is 3.60. The van der Waals surface area contributed by atoms with Crippen LogP contribution >= 0.6 is 11.3 Å². The Morgan fingerprint density at radius 1 is 1.27 bits per heavy atom. The van der Waals surface area contributed by atoms with Crippen LogP contribution in [0, 0.1) is 11.8 Å². The van der Waals surface area contributed by atoms with Crippen LogP contribution in [0.15, 0.2) is 35.7 Å². The Labute approximate surface area is 158 Å². The average Bonchev–Trinajstić information content (AvgIpc) is 2.97. The highest BCUT2D eigenvalue weighted by atomic mass is 32.1. The van der Waals surface area contributed by atoms with E-state index in [1.54, 1.807) is 11.3 Å². The predicted octanol–water partition coefficient (Wildman–Crippen LogP) is 3.77. The second kappa shape index (κ2) is 8.18. The summed E-state index contributed by atoms with van der Waals surface area (Å²) in [5.41, 5.74) is 2.02. The van der Waals surface area contributed by atoms with Crippen molar-refractivity contribution in [1.82, 2.24) is 15.2 Å². The number of thiazole rings is 1. The van der Waals surface area contributed by atoms with Gasteiger partial charge in [0.25, 0.3) is 0 Å².